The average molecular weight is 367 g/mol. The second-order valence-electron chi connectivity index (χ2n) is 3.30. The van der Waals surface area contributed by atoms with Crippen LogP contribution in [0.5, 0.6) is 0 Å². The maximum absolute atomic E-state index is 12.5. The average Bonchev–Trinajstić information content (AvgIpc) is 2.19. The molecule has 0 saturated heterocycles. The number of benzene rings is 1. The number of sulfonamides is 1. The molecule has 1 aromatic rings. The van der Waals surface area contributed by atoms with E-state index in [4.69, 9.17) is 11.6 Å². The van der Waals surface area contributed by atoms with Crippen LogP contribution < -0.4 is 4.72 Å². The quantitative estimate of drug-likeness (QED) is 0.830. The van der Waals surface area contributed by atoms with E-state index in [0.29, 0.717) is 0 Å². The topological polar surface area (TPSA) is 46.2 Å². The van der Waals surface area contributed by atoms with Gasteiger partial charge in [-0.05, 0) is 34.1 Å². The summed E-state index contributed by atoms with van der Waals surface area (Å²) in [6, 6.07) is 2.70. The molecule has 3 nitrogen and oxygen atoms in total. The minimum atomic E-state index is -4.53. The van der Waals surface area contributed by atoms with Crippen molar-refractivity contribution in [2.24, 2.45) is 0 Å². The molecule has 0 aliphatic heterocycles. The molecule has 0 saturated carbocycles. The third-order valence-electron chi connectivity index (χ3n) is 1.91. The Kier molecular flexibility index (Phi) is 4.90. The number of rotatable bonds is 4. The summed E-state index contributed by atoms with van der Waals surface area (Å²) in [7, 11) is -3.75. The van der Waals surface area contributed by atoms with Crippen LogP contribution in [0.1, 0.15) is 5.56 Å². The fourth-order valence-electron chi connectivity index (χ4n) is 1.10. The van der Waals surface area contributed by atoms with Gasteiger partial charge in [-0.3, -0.25) is 4.72 Å². The van der Waals surface area contributed by atoms with E-state index in [1.54, 1.807) is 0 Å². The van der Waals surface area contributed by atoms with Gasteiger partial charge >= 0.3 is 6.18 Å². The fourth-order valence-corrected chi connectivity index (χ4v) is 3.00. The largest absolute Gasteiger partial charge is 0.416 e. The van der Waals surface area contributed by atoms with E-state index in [1.165, 1.54) is 0 Å². The van der Waals surface area contributed by atoms with Crippen molar-refractivity contribution in [3.63, 3.8) is 0 Å². The first-order valence-electron chi connectivity index (χ1n) is 4.59. The maximum atomic E-state index is 12.5. The Morgan fingerprint density at radius 2 is 1.94 bits per heavy atom. The van der Waals surface area contributed by atoms with Crippen LogP contribution in [0.3, 0.4) is 0 Å². The van der Waals surface area contributed by atoms with E-state index in [1.807, 2.05) is 4.72 Å². The molecule has 18 heavy (non-hydrogen) atoms. The summed E-state index contributed by atoms with van der Waals surface area (Å²) < 4.78 is 62.5. The molecule has 1 aromatic carbocycles. The molecule has 1 N–H and O–H groups in total. The maximum Gasteiger partial charge on any atom is 0.416 e. The number of alkyl halides is 4. The van der Waals surface area contributed by atoms with Gasteiger partial charge in [-0.15, -0.1) is 11.6 Å². The van der Waals surface area contributed by atoms with Crippen molar-refractivity contribution >= 4 is 43.2 Å². The van der Waals surface area contributed by atoms with Crippen LogP contribution in [-0.4, -0.2) is 20.1 Å². The van der Waals surface area contributed by atoms with Crippen LogP contribution in [0.25, 0.3) is 0 Å². The van der Waals surface area contributed by atoms with Gasteiger partial charge in [0.05, 0.1) is 17.0 Å². The minimum absolute atomic E-state index is 0.147. The summed E-state index contributed by atoms with van der Waals surface area (Å²) >= 11 is 8.26. The molecular formula is C9H8BrClF3NO2S. The van der Waals surface area contributed by atoms with E-state index in [0.717, 1.165) is 18.2 Å². The van der Waals surface area contributed by atoms with Gasteiger partial charge in [0.15, 0.2) is 0 Å². The predicted molar refractivity (Wildman–Crippen MR) is 67.3 cm³/mol. The van der Waals surface area contributed by atoms with Crippen molar-refractivity contribution in [1.82, 2.24) is 0 Å². The Labute approximate surface area is 116 Å². The summed E-state index contributed by atoms with van der Waals surface area (Å²) in [4.78, 5) is 0. The van der Waals surface area contributed by atoms with Crippen LogP contribution in [0.15, 0.2) is 22.7 Å². The lowest BCUT2D eigenvalue weighted by atomic mass is 10.2. The normalized spacial score (nSPS) is 12.5. The molecule has 0 radical (unpaired) electrons. The highest BCUT2D eigenvalue weighted by atomic mass is 79.9. The second-order valence-corrected chi connectivity index (χ2v) is 6.38. The van der Waals surface area contributed by atoms with E-state index in [9.17, 15) is 21.6 Å². The lowest BCUT2D eigenvalue weighted by Crippen LogP contribution is -2.18. The third-order valence-corrected chi connectivity index (χ3v) is 4.28. The van der Waals surface area contributed by atoms with E-state index >= 15 is 0 Å². The first-order chi connectivity index (χ1) is 8.15. The number of hydrogen-bond acceptors (Lipinski definition) is 2. The summed E-state index contributed by atoms with van der Waals surface area (Å²) in [5.74, 6) is -0.525. The number of halogens is 5. The van der Waals surface area contributed by atoms with Crippen LogP contribution in [0.2, 0.25) is 0 Å². The number of hydrogen-bond donors (Lipinski definition) is 1. The standard InChI is InChI=1S/C9H8BrClF3NO2S/c10-7-2-1-6(9(12,13)14)5-8(7)15-18(16,17)4-3-11/h1-2,5,15H,3-4H2. The van der Waals surface area contributed by atoms with Crippen molar-refractivity contribution in [3.05, 3.63) is 28.2 Å². The van der Waals surface area contributed by atoms with E-state index in [-0.39, 0.29) is 21.8 Å². The zero-order valence-electron chi connectivity index (χ0n) is 8.76. The van der Waals surface area contributed by atoms with Crippen LogP contribution in [-0.2, 0) is 16.2 Å². The minimum Gasteiger partial charge on any atom is -0.282 e. The van der Waals surface area contributed by atoms with Gasteiger partial charge in [0.1, 0.15) is 0 Å². The highest BCUT2D eigenvalue weighted by Gasteiger charge is 2.31. The lowest BCUT2D eigenvalue weighted by Gasteiger charge is -2.12. The molecule has 0 aliphatic rings. The zero-order chi connectivity index (χ0) is 14.0. The Balaban J connectivity index is 3.10. The van der Waals surface area contributed by atoms with Crippen molar-refractivity contribution in [2.75, 3.05) is 16.4 Å². The molecule has 0 heterocycles. The van der Waals surface area contributed by atoms with Crippen LogP contribution in [0, 0.1) is 0 Å². The Morgan fingerprint density at radius 1 is 1.33 bits per heavy atom. The lowest BCUT2D eigenvalue weighted by molar-refractivity contribution is -0.137. The first kappa shape index (κ1) is 15.6. The molecule has 102 valence electrons. The predicted octanol–water partition coefficient (Wildman–Crippen LogP) is 3.45. The van der Waals surface area contributed by atoms with E-state index < -0.39 is 21.8 Å². The third kappa shape index (κ3) is 4.33. The summed E-state index contributed by atoms with van der Waals surface area (Å²) in [5.41, 5.74) is -1.11. The van der Waals surface area contributed by atoms with Crippen molar-refractivity contribution in [3.8, 4) is 0 Å². The molecule has 0 amide bonds. The van der Waals surface area contributed by atoms with Crippen molar-refractivity contribution < 1.29 is 21.6 Å². The number of nitrogens with one attached hydrogen (secondary N) is 1. The molecule has 0 aromatic heterocycles. The Morgan fingerprint density at radius 3 is 2.44 bits per heavy atom. The second kappa shape index (κ2) is 5.66. The molecule has 0 aliphatic carbocycles. The van der Waals surface area contributed by atoms with Gasteiger partial charge < -0.3 is 0 Å². The van der Waals surface area contributed by atoms with Gasteiger partial charge in [0.2, 0.25) is 10.0 Å². The van der Waals surface area contributed by atoms with Gasteiger partial charge in [-0.25, -0.2) is 8.42 Å². The molecule has 1 rings (SSSR count). The van der Waals surface area contributed by atoms with Crippen LogP contribution in [0.4, 0.5) is 18.9 Å². The van der Waals surface area contributed by atoms with Crippen LogP contribution >= 0.6 is 27.5 Å². The summed E-state index contributed by atoms with van der Waals surface area (Å²) in [6.07, 6.45) is -4.53. The van der Waals surface area contributed by atoms with Gasteiger partial charge in [-0.1, -0.05) is 0 Å². The Hall–Kier alpha value is -0.470. The van der Waals surface area contributed by atoms with Gasteiger partial charge in [0.25, 0.3) is 0 Å². The smallest absolute Gasteiger partial charge is 0.282 e. The van der Waals surface area contributed by atoms with E-state index in [2.05, 4.69) is 15.9 Å². The highest BCUT2D eigenvalue weighted by Crippen LogP contribution is 2.34. The molecule has 0 spiro atoms. The highest BCUT2D eigenvalue weighted by molar-refractivity contribution is 9.10. The molecule has 0 fully saturated rings. The summed E-state index contributed by atoms with van der Waals surface area (Å²) in [6.45, 7) is 0. The zero-order valence-corrected chi connectivity index (χ0v) is 11.9. The monoisotopic (exact) mass is 365 g/mol. The Bertz CT molecular complexity index is 533. The molecular weight excluding hydrogens is 359 g/mol. The number of anilines is 1. The fraction of sp³-hybridized carbons (Fsp3) is 0.333. The molecule has 0 bridgehead atoms. The molecule has 9 heteroatoms. The SMILES string of the molecule is O=S(=O)(CCCl)Nc1cc(C(F)(F)F)ccc1Br. The summed E-state index contributed by atoms with van der Waals surface area (Å²) in [5, 5.41) is 0. The van der Waals surface area contributed by atoms with Gasteiger partial charge in [-0.2, -0.15) is 13.2 Å². The molecule has 0 unspecified atom stereocenters. The van der Waals surface area contributed by atoms with Crippen molar-refractivity contribution in [2.45, 2.75) is 6.18 Å². The van der Waals surface area contributed by atoms with Gasteiger partial charge in [0, 0.05) is 10.4 Å². The first-order valence-corrected chi connectivity index (χ1v) is 7.57. The van der Waals surface area contributed by atoms with Crippen molar-refractivity contribution in [1.29, 1.82) is 0 Å². The molecule has 0 atom stereocenters.